The van der Waals surface area contributed by atoms with Crippen molar-refractivity contribution >= 4 is 27.8 Å². The van der Waals surface area contributed by atoms with Crippen molar-refractivity contribution in [1.82, 2.24) is 0 Å². The van der Waals surface area contributed by atoms with Gasteiger partial charge in [-0.3, -0.25) is 0 Å². The molecule has 5 heteroatoms. The van der Waals surface area contributed by atoms with Crippen LogP contribution >= 0.6 is 8.03 Å². The summed E-state index contributed by atoms with van der Waals surface area (Å²) in [6.07, 6.45) is 0. The maximum atomic E-state index is 10.4. The van der Waals surface area contributed by atoms with Gasteiger partial charge >= 0.3 is 33.7 Å². The molecule has 3 nitrogen and oxygen atoms in total. The quantitative estimate of drug-likeness (QED) is 0.578. The Labute approximate surface area is 84.4 Å². The van der Waals surface area contributed by atoms with Crippen LogP contribution in [0.3, 0.4) is 0 Å². The summed E-state index contributed by atoms with van der Waals surface area (Å²) in [5.74, 6) is -1.26. The first-order valence-electron chi connectivity index (χ1n) is 3.10. The molecular weight excluding hydrogens is 233 g/mol. The van der Waals surface area contributed by atoms with E-state index in [9.17, 15) is 4.57 Å². The fourth-order valence-corrected chi connectivity index (χ4v) is 1.18. The van der Waals surface area contributed by atoms with Crippen molar-refractivity contribution in [2.75, 3.05) is 0 Å². The molecule has 0 heterocycles. The van der Waals surface area contributed by atoms with Gasteiger partial charge in [0.05, 0.1) is 0 Å². The van der Waals surface area contributed by atoms with Crippen LogP contribution in [0.5, 0.6) is 0 Å². The molecule has 2 atom stereocenters. The molecule has 0 aliphatic heterocycles. The van der Waals surface area contributed by atoms with Gasteiger partial charge in [-0.15, -0.1) is 0 Å². The minimum absolute atomic E-state index is 0. The monoisotopic (exact) mass is 243 g/mol. The fraction of sp³-hybridized carbons (Fsp3) is 0.143. The summed E-state index contributed by atoms with van der Waals surface area (Å²) in [4.78, 5) is 8.53. The molecule has 0 spiro atoms. The summed E-state index contributed by atoms with van der Waals surface area (Å²) in [6, 6.07) is 8.40. The molecule has 0 saturated heterocycles. The molecule has 1 aromatic rings. The normalized spacial score (nSPS) is 13.0. The first-order chi connectivity index (χ1) is 5.22. The van der Waals surface area contributed by atoms with E-state index < -0.39 is 13.9 Å². The summed E-state index contributed by atoms with van der Waals surface area (Å²) in [5.41, 5.74) is 0.469. The van der Waals surface area contributed by atoms with E-state index in [0.717, 1.165) is 0 Å². The molecule has 0 radical (unpaired) electrons. The van der Waals surface area contributed by atoms with Gasteiger partial charge in [0, 0.05) is 5.56 Å². The maximum absolute atomic E-state index is 10.4. The summed E-state index contributed by atoms with van der Waals surface area (Å²) in [6.45, 7) is 0. The Morgan fingerprint density at radius 1 is 1.25 bits per heavy atom. The van der Waals surface area contributed by atoms with Gasteiger partial charge < -0.3 is 5.11 Å². The van der Waals surface area contributed by atoms with Crippen molar-refractivity contribution < 1.29 is 14.6 Å². The summed E-state index contributed by atoms with van der Waals surface area (Å²) < 4.78 is 10.4. The molecule has 0 fully saturated rings. The molecule has 12 heavy (non-hydrogen) atoms. The molecule has 64 valence electrons. The Bertz CT molecular complexity index is 252. The van der Waals surface area contributed by atoms with Gasteiger partial charge in [-0.25, -0.2) is 0 Å². The van der Waals surface area contributed by atoms with Crippen LogP contribution < -0.4 is 0 Å². The molecule has 0 aromatic heterocycles. The molecule has 0 amide bonds. The molecule has 2 N–H and O–H groups in total. The third kappa shape index (κ3) is 3.09. The first-order valence-corrected chi connectivity index (χ1v) is 4.38. The van der Waals surface area contributed by atoms with E-state index >= 15 is 0 Å². The SMILES string of the molecule is O=[P+](O)C(O)c1ccccc1.[GaH3]. The van der Waals surface area contributed by atoms with Crippen molar-refractivity contribution in [3.63, 3.8) is 0 Å². The molecule has 0 saturated carbocycles. The van der Waals surface area contributed by atoms with E-state index in [0.29, 0.717) is 5.56 Å². The average Bonchev–Trinajstić information content (AvgIpc) is 2.05. The Balaban J connectivity index is 0.00000121. The third-order valence-corrected chi connectivity index (χ3v) is 2.02. The van der Waals surface area contributed by atoms with Crippen molar-refractivity contribution in [2.45, 2.75) is 5.85 Å². The van der Waals surface area contributed by atoms with Crippen molar-refractivity contribution in [3.8, 4) is 0 Å². The van der Waals surface area contributed by atoms with Crippen LogP contribution in [-0.4, -0.2) is 29.8 Å². The van der Waals surface area contributed by atoms with Crippen molar-refractivity contribution in [2.24, 2.45) is 0 Å². The molecule has 0 bridgehead atoms. The Morgan fingerprint density at radius 2 is 1.75 bits per heavy atom. The predicted octanol–water partition coefficient (Wildman–Crippen LogP) is 0.228. The molecule has 2 unspecified atom stereocenters. The van der Waals surface area contributed by atoms with Gasteiger partial charge in [-0.05, 0) is 4.57 Å². The molecule has 1 rings (SSSR count). The Kier molecular flexibility index (Phi) is 5.45. The Hall–Kier alpha value is -0.124. The second-order valence-electron chi connectivity index (χ2n) is 2.09. The van der Waals surface area contributed by atoms with Gasteiger partial charge in [0.25, 0.3) is 0 Å². The van der Waals surface area contributed by atoms with Crippen LogP contribution in [0.4, 0.5) is 0 Å². The van der Waals surface area contributed by atoms with Gasteiger partial charge in [0.15, 0.2) is 0 Å². The van der Waals surface area contributed by atoms with Crippen molar-refractivity contribution in [1.29, 1.82) is 0 Å². The number of hydrogen-bond donors (Lipinski definition) is 2. The third-order valence-electron chi connectivity index (χ3n) is 1.31. The molecular formula is C7H11GaO3P+. The van der Waals surface area contributed by atoms with E-state index in [4.69, 9.17) is 10.00 Å². The summed E-state index contributed by atoms with van der Waals surface area (Å²) in [7, 11) is -2.53. The van der Waals surface area contributed by atoms with Crippen molar-refractivity contribution in [3.05, 3.63) is 35.9 Å². The van der Waals surface area contributed by atoms with Crippen LogP contribution in [0, 0.1) is 0 Å². The molecule has 0 aliphatic carbocycles. The second-order valence-corrected chi connectivity index (χ2v) is 3.18. The van der Waals surface area contributed by atoms with Crippen LogP contribution in [-0.2, 0) is 4.57 Å². The number of aliphatic hydroxyl groups is 1. The van der Waals surface area contributed by atoms with E-state index in [2.05, 4.69) is 0 Å². The number of aliphatic hydroxyl groups excluding tert-OH is 1. The summed E-state index contributed by atoms with van der Waals surface area (Å²) in [5, 5.41) is 9.06. The van der Waals surface area contributed by atoms with Gasteiger partial charge in [0.2, 0.25) is 0 Å². The number of benzene rings is 1. The van der Waals surface area contributed by atoms with E-state index in [-0.39, 0.29) is 19.8 Å². The van der Waals surface area contributed by atoms with E-state index in [1.807, 2.05) is 0 Å². The first kappa shape index (κ1) is 11.9. The zero-order chi connectivity index (χ0) is 8.27. The van der Waals surface area contributed by atoms with Gasteiger partial charge in [-0.2, -0.15) is 4.89 Å². The zero-order valence-electron chi connectivity index (χ0n) is 5.71. The molecule has 1 aromatic carbocycles. The number of rotatable bonds is 2. The van der Waals surface area contributed by atoms with Gasteiger partial charge in [-0.1, -0.05) is 30.3 Å². The standard InChI is InChI=1S/C7H7O3P.Ga.3H/c8-7(11(9)10)6-4-2-1-3-5-6;;;;/h1-5,7-8H;;;;/p+1. The fourth-order valence-electron chi connectivity index (χ4n) is 0.753. The average molecular weight is 244 g/mol. The topological polar surface area (TPSA) is 57.5 Å². The van der Waals surface area contributed by atoms with E-state index in [1.165, 1.54) is 0 Å². The van der Waals surface area contributed by atoms with Gasteiger partial charge in [0.1, 0.15) is 0 Å². The van der Waals surface area contributed by atoms with Crippen LogP contribution in [0.1, 0.15) is 11.4 Å². The Morgan fingerprint density at radius 3 is 2.17 bits per heavy atom. The minimum atomic E-state index is -2.53. The zero-order valence-corrected chi connectivity index (χ0v) is 6.61. The summed E-state index contributed by atoms with van der Waals surface area (Å²) >= 11 is 0. The second kappa shape index (κ2) is 5.51. The van der Waals surface area contributed by atoms with Crippen LogP contribution in [0.15, 0.2) is 30.3 Å². The molecule has 0 aliphatic rings. The predicted molar refractivity (Wildman–Crippen MR) is 51.2 cm³/mol. The number of hydrogen-bond acceptors (Lipinski definition) is 2. The van der Waals surface area contributed by atoms with E-state index in [1.54, 1.807) is 30.3 Å². The van der Waals surface area contributed by atoms with Crippen LogP contribution in [0.2, 0.25) is 0 Å². The van der Waals surface area contributed by atoms with Crippen LogP contribution in [0.25, 0.3) is 0 Å².